The van der Waals surface area contributed by atoms with E-state index in [9.17, 15) is 66.7 Å². The van der Waals surface area contributed by atoms with E-state index in [1.54, 1.807) is 0 Å². The van der Waals surface area contributed by atoms with Gasteiger partial charge < -0.3 is 14.8 Å². The van der Waals surface area contributed by atoms with Crippen molar-refractivity contribution in [2.45, 2.75) is 88.5 Å². The highest BCUT2D eigenvalue weighted by atomic mass is 19.4. The summed E-state index contributed by atoms with van der Waals surface area (Å²) in [4.78, 5) is 23.8. The minimum Gasteiger partial charge on any atom is -0.464 e. The summed E-state index contributed by atoms with van der Waals surface area (Å²) in [6, 6.07) is -3.02. The lowest BCUT2D eigenvalue weighted by molar-refractivity contribution is -0.440. The average Bonchev–Trinajstić information content (AvgIpc) is 2.62. The molecule has 0 fully saturated rings. The van der Waals surface area contributed by atoms with Crippen molar-refractivity contribution >= 4 is 12.1 Å². The van der Waals surface area contributed by atoms with Gasteiger partial charge in [-0.1, -0.05) is 13.8 Å². The molecule has 1 unspecified atom stereocenters. The van der Waals surface area contributed by atoms with Gasteiger partial charge in [-0.2, -0.15) is 57.1 Å². The van der Waals surface area contributed by atoms with Gasteiger partial charge in [-0.25, -0.2) is 9.59 Å². The van der Waals surface area contributed by atoms with Gasteiger partial charge >= 0.3 is 47.9 Å². The maximum absolute atomic E-state index is 14.2. The van der Waals surface area contributed by atoms with Crippen LogP contribution in [0, 0.1) is 5.92 Å². The topological polar surface area (TPSA) is 64.6 Å². The van der Waals surface area contributed by atoms with E-state index in [1.165, 1.54) is 39.9 Å². The summed E-state index contributed by atoms with van der Waals surface area (Å²) in [6.45, 7) is 5.76. The van der Waals surface area contributed by atoms with Crippen LogP contribution in [0.2, 0.25) is 0 Å². The number of ether oxygens (including phenoxy) is 2. The molecule has 0 spiro atoms. The monoisotopic (exact) mass is 563 g/mol. The van der Waals surface area contributed by atoms with Crippen LogP contribution in [0.4, 0.5) is 61.9 Å². The fourth-order valence-electron chi connectivity index (χ4n) is 2.18. The van der Waals surface area contributed by atoms with Crippen molar-refractivity contribution in [3.63, 3.8) is 0 Å². The quantitative estimate of drug-likeness (QED) is 0.254. The summed E-state index contributed by atoms with van der Waals surface area (Å²) >= 11 is 0. The SMILES string of the molecule is CC(C)COC(=O)C(CC(F)(F)C(F)(F)C(F)(F)C(F)(F)C(F)(F)C(F)(F)F)NC(=O)OC(C)(C)C. The summed E-state index contributed by atoms with van der Waals surface area (Å²) < 4.78 is 182. The molecule has 18 heteroatoms. The largest absolute Gasteiger partial charge is 0.464 e. The molecular weight excluding hydrogens is 541 g/mol. The molecule has 1 N–H and O–H groups in total. The minimum atomic E-state index is -8.09. The van der Waals surface area contributed by atoms with Crippen LogP contribution in [0.15, 0.2) is 0 Å². The standard InChI is InChI=1S/C18H22F13NO4/c1-8(2)7-35-10(33)9(32-11(34)36-12(3,4)5)6-13(19,20)14(21,22)15(23,24)16(25,26)17(27,28)18(29,30)31/h8-9H,6-7H2,1-5H3,(H,32,34). The van der Waals surface area contributed by atoms with Crippen LogP contribution in [-0.2, 0) is 14.3 Å². The second-order valence-corrected chi connectivity index (χ2v) is 8.93. The van der Waals surface area contributed by atoms with E-state index < -0.39 is 78.4 Å². The fourth-order valence-corrected chi connectivity index (χ4v) is 2.18. The van der Waals surface area contributed by atoms with Crippen molar-refractivity contribution in [2.24, 2.45) is 5.92 Å². The van der Waals surface area contributed by atoms with Gasteiger partial charge in [0.15, 0.2) is 0 Å². The maximum atomic E-state index is 14.2. The molecule has 0 saturated heterocycles. The first-order chi connectivity index (χ1) is 15.5. The molecule has 0 aliphatic heterocycles. The third-order valence-corrected chi connectivity index (χ3v) is 3.99. The lowest BCUT2D eigenvalue weighted by Gasteiger charge is -2.40. The smallest absolute Gasteiger partial charge is 0.460 e. The lowest BCUT2D eigenvalue weighted by atomic mass is 9.91. The second-order valence-electron chi connectivity index (χ2n) is 8.93. The molecule has 0 aliphatic carbocycles. The summed E-state index contributed by atoms with van der Waals surface area (Å²) in [5.74, 6) is -40.7. The van der Waals surface area contributed by atoms with Crippen molar-refractivity contribution in [1.82, 2.24) is 5.32 Å². The Morgan fingerprint density at radius 3 is 1.50 bits per heavy atom. The molecule has 0 aromatic heterocycles. The predicted octanol–water partition coefficient (Wildman–Crippen LogP) is 6.21. The Labute approximate surface area is 195 Å². The van der Waals surface area contributed by atoms with E-state index in [2.05, 4.69) is 9.47 Å². The Morgan fingerprint density at radius 1 is 0.722 bits per heavy atom. The molecule has 214 valence electrons. The van der Waals surface area contributed by atoms with Crippen molar-refractivity contribution < 1.29 is 76.1 Å². The predicted molar refractivity (Wildman–Crippen MR) is 94.4 cm³/mol. The van der Waals surface area contributed by atoms with Gasteiger partial charge in [-0.3, -0.25) is 0 Å². The van der Waals surface area contributed by atoms with E-state index in [0.29, 0.717) is 0 Å². The van der Waals surface area contributed by atoms with Crippen molar-refractivity contribution in [1.29, 1.82) is 0 Å². The number of halogens is 13. The third-order valence-electron chi connectivity index (χ3n) is 3.99. The normalized spacial score (nSPS) is 15.5. The molecule has 0 radical (unpaired) electrons. The van der Waals surface area contributed by atoms with Gasteiger partial charge in [0.1, 0.15) is 11.6 Å². The van der Waals surface area contributed by atoms with E-state index in [-0.39, 0.29) is 0 Å². The van der Waals surface area contributed by atoms with Crippen LogP contribution in [-0.4, -0.2) is 66.1 Å². The molecule has 0 aliphatic rings. The summed E-state index contributed by atoms with van der Waals surface area (Å²) in [7, 11) is 0. The third kappa shape index (κ3) is 6.98. The molecule has 0 aromatic rings. The number of rotatable bonds is 10. The minimum absolute atomic E-state index is 0.536. The van der Waals surface area contributed by atoms with Crippen molar-refractivity contribution in [3.8, 4) is 0 Å². The second kappa shape index (κ2) is 10.3. The molecular formula is C18H22F13NO4. The first-order valence-corrected chi connectivity index (χ1v) is 9.67. The highest BCUT2D eigenvalue weighted by molar-refractivity contribution is 5.81. The number of amides is 1. The Morgan fingerprint density at radius 2 is 1.14 bits per heavy atom. The Kier molecular flexibility index (Phi) is 9.68. The summed E-state index contributed by atoms with van der Waals surface area (Å²) in [5.41, 5.74) is -1.40. The van der Waals surface area contributed by atoms with E-state index >= 15 is 0 Å². The van der Waals surface area contributed by atoms with E-state index in [4.69, 9.17) is 0 Å². The van der Waals surface area contributed by atoms with Gasteiger partial charge in [0.2, 0.25) is 0 Å². The maximum Gasteiger partial charge on any atom is 0.460 e. The molecule has 0 rings (SSSR count). The van der Waals surface area contributed by atoms with Gasteiger partial charge in [0, 0.05) is 6.42 Å². The van der Waals surface area contributed by atoms with Gasteiger partial charge in [0.05, 0.1) is 6.61 Å². The number of carbonyl (C=O) groups excluding carboxylic acids is 2. The summed E-state index contributed by atoms with van der Waals surface area (Å²) in [6.07, 6.45) is -12.3. The number of hydrogen-bond acceptors (Lipinski definition) is 4. The Balaban J connectivity index is 6.36. The average molecular weight is 563 g/mol. The Bertz CT molecular complexity index is 789. The van der Waals surface area contributed by atoms with E-state index in [0.717, 1.165) is 0 Å². The number of hydrogen-bond donors (Lipinski definition) is 1. The molecule has 0 bridgehead atoms. The molecule has 36 heavy (non-hydrogen) atoms. The van der Waals surface area contributed by atoms with Gasteiger partial charge in [0.25, 0.3) is 0 Å². The molecule has 0 saturated carbocycles. The molecule has 1 atom stereocenters. The van der Waals surface area contributed by atoms with Crippen LogP contribution < -0.4 is 5.32 Å². The first-order valence-electron chi connectivity index (χ1n) is 9.67. The molecule has 5 nitrogen and oxygen atoms in total. The molecule has 0 heterocycles. The molecule has 1 amide bonds. The van der Waals surface area contributed by atoms with E-state index in [1.807, 2.05) is 0 Å². The number of esters is 1. The van der Waals surface area contributed by atoms with Crippen LogP contribution in [0.3, 0.4) is 0 Å². The molecule has 0 aromatic carbocycles. The zero-order valence-electron chi connectivity index (χ0n) is 19.1. The van der Waals surface area contributed by atoms with Crippen LogP contribution in [0.25, 0.3) is 0 Å². The zero-order chi connectivity index (χ0) is 29.3. The fraction of sp³-hybridized carbons (Fsp3) is 0.889. The van der Waals surface area contributed by atoms with Crippen molar-refractivity contribution in [3.05, 3.63) is 0 Å². The van der Waals surface area contributed by atoms with Crippen LogP contribution in [0.5, 0.6) is 0 Å². The number of alkyl halides is 13. The van der Waals surface area contributed by atoms with Gasteiger partial charge in [-0.15, -0.1) is 0 Å². The lowest BCUT2D eigenvalue weighted by Crippen LogP contribution is -2.70. The highest BCUT2D eigenvalue weighted by Gasteiger charge is 2.90. The number of nitrogens with one attached hydrogen (secondary N) is 1. The van der Waals surface area contributed by atoms with Crippen molar-refractivity contribution in [2.75, 3.05) is 6.61 Å². The zero-order valence-corrected chi connectivity index (χ0v) is 19.1. The number of carbonyl (C=O) groups is 2. The van der Waals surface area contributed by atoms with Crippen LogP contribution in [0.1, 0.15) is 41.0 Å². The van der Waals surface area contributed by atoms with Crippen LogP contribution >= 0.6 is 0 Å². The first kappa shape index (κ1) is 33.8. The number of alkyl carbamates (subject to hydrolysis) is 1. The van der Waals surface area contributed by atoms with Gasteiger partial charge in [-0.05, 0) is 26.7 Å². The Hall–Kier alpha value is -2.17. The highest BCUT2D eigenvalue weighted by Crippen LogP contribution is 2.60. The summed E-state index contributed by atoms with van der Waals surface area (Å²) in [5, 5.41) is 1.26.